The van der Waals surface area contributed by atoms with Crippen molar-refractivity contribution in [3.05, 3.63) is 70.7 Å². The van der Waals surface area contributed by atoms with Gasteiger partial charge in [-0.1, -0.05) is 29.8 Å². The Kier molecular flexibility index (Phi) is 6.48. The van der Waals surface area contributed by atoms with Crippen molar-refractivity contribution in [3.63, 3.8) is 0 Å². The number of aryl methyl sites for hydroxylation is 1. The number of imidazole rings is 1. The third kappa shape index (κ3) is 4.51. The molecule has 5 aromatic rings. The van der Waals surface area contributed by atoms with E-state index in [9.17, 15) is 9.59 Å². The second-order valence-electron chi connectivity index (χ2n) is 12.9. The number of likely N-dealkylation sites (tertiary alicyclic amines) is 1. The number of nitrogens with zero attached hydrogens (tertiary/aromatic N) is 4. The maximum atomic E-state index is 13.7. The lowest BCUT2D eigenvalue weighted by molar-refractivity contribution is 0.0700. The fourth-order valence-corrected chi connectivity index (χ4v) is 7.81. The van der Waals surface area contributed by atoms with Crippen LogP contribution in [0.4, 0.5) is 0 Å². The van der Waals surface area contributed by atoms with Gasteiger partial charge in [-0.25, -0.2) is 4.98 Å². The second kappa shape index (κ2) is 10.4. The molecule has 2 unspecified atom stereocenters. The second-order valence-corrected chi connectivity index (χ2v) is 13.3. The van der Waals surface area contributed by atoms with E-state index < -0.39 is 5.91 Å². The Bertz CT molecular complexity index is 2040. The molecule has 45 heavy (non-hydrogen) atoms. The van der Waals surface area contributed by atoms with Gasteiger partial charge in [0.25, 0.3) is 5.91 Å². The minimum Gasteiger partial charge on any atom is -0.494 e. The molecule has 1 saturated heterocycles. The molecule has 3 aliphatic rings. The number of piperidine rings is 1. The van der Waals surface area contributed by atoms with Gasteiger partial charge in [-0.3, -0.25) is 9.59 Å². The maximum absolute atomic E-state index is 13.7. The monoisotopic (exact) mass is 622 g/mol. The van der Waals surface area contributed by atoms with E-state index in [4.69, 9.17) is 32.8 Å². The van der Waals surface area contributed by atoms with Gasteiger partial charge in [-0.15, -0.1) is 0 Å². The van der Waals surface area contributed by atoms with Gasteiger partial charge in [0.15, 0.2) is 5.82 Å². The first-order valence-corrected chi connectivity index (χ1v) is 15.9. The lowest BCUT2D eigenvalue weighted by Gasteiger charge is -2.27. The molecule has 2 saturated carbocycles. The summed E-state index contributed by atoms with van der Waals surface area (Å²) in [6.07, 6.45) is 4.45. The normalized spacial score (nSPS) is 20.9. The Balaban J connectivity index is 1.23. The molecule has 0 spiro atoms. The maximum Gasteiger partial charge on any atom is 0.254 e. The van der Waals surface area contributed by atoms with Crippen molar-refractivity contribution in [2.45, 2.75) is 44.3 Å². The third-order valence-electron chi connectivity index (χ3n) is 10.2. The van der Waals surface area contributed by atoms with Crippen LogP contribution >= 0.6 is 11.6 Å². The molecule has 2 aromatic heterocycles. The first-order valence-electron chi connectivity index (χ1n) is 15.6. The minimum atomic E-state index is -0.548. The van der Waals surface area contributed by atoms with Crippen molar-refractivity contribution in [2.75, 3.05) is 13.7 Å². The number of ether oxygens (including phenoxy) is 1. The number of rotatable bonds is 7. The number of benzene rings is 3. The van der Waals surface area contributed by atoms with Gasteiger partial charge < -0.3 is 30.2 Å². The molecule has 230 valence electrons. The SMILES string of the molecule is COc1cc(C(=O)N2CC3CCC2[C@@H]3N)cc2nc(-c3cc4ccc(-c5ccc(C(N)=O)c(Cl)c5)cc4n3CC3CC3)n(C)c12. The largest absolute Gasteiger partial charge is 0.494 e. The average Bonchev–Trinajstić information content (AvgIpc) is 3.44. The van der Waals surface area contributed by atoms with Crippen LogP contribution in [0.3, 0.4) is 0 Å². The Morgan fingerprint density at radius 1 is 1.02 bits per heavy atom. The number of nitrogens with two attached hydrogens (primary N) is 2. The molecule has 8 rings (SSSR count). The predicted octanol–water partition coefficient (Wildman–Crippen LogP) is 5.59. The summed E-state index contributed by atoms with van der Waals surface area (Å²) >= 11 is 6.40. The predicted molar refractivity (Wildman–Crippen MR) is 175 cm³/mol. The highest BCUT2D eigenvalue weighted by Crippen LogP contribution is 2.41. The Morgan fingerprint density at radius 3 is 2.47 bits per heavy atom. The van der Waals surface area contributed by atoms with Crippen molar-refractivity contribution in [2.24, 2.45) is 30.4 Å². The number of fused-ring (bicyclic) bond motifs is 4. The van der Waals surface area contributed by atoms with E-state index in [1.54, 1.807) is 19.2 Å². The van der Waals surface area contributed by atoms with Crippen molar-refractivity contribution in [3.8, 4) is 28.4 Å². The van der Waals surface area contributed by atoms with Crippen LogP contribution in [0.25, 0.3) is 44.6 Å². The first kappa shape index (κ1) is 28.2. The highest BCUT2D eigenvalue weighted by Gasteiger charge is 2.47. The minimum absolute atomic E-state index is 0.00982. The summed E-state index contributed by atoms with van der Waals surface area (Å²) in [5, 5.41) is 1.44. The molecule has 4 N–H and O–H groups in total. The number of aromatic nitrogens is 3. The molecule has 2 aliphatic carbocycles. The fraction of sp³-hybridized carbons (Fsp3) is 0.343. The molecule has 3 fully saturated rings. The molecule has 0 radical (unpaired) electrons. The van der Waals surface area contributed by atoms with Crippen LogP contribution in [0.2, 0.25) is 5.02 Å². The van der Waals surface area contributed by atoms with Crippen LogP contribution in [0.5, 0.6) is 5.75 Å². The number of carbonyl (C=O) groups is 2. The van der Waals surface area contributed by atoms with Crippen LogP contribution in [0.1, 0.15) is 46.4 Å². The number of primary amides is 1. The van der Waals surface area contributed by atoms with Gasteiger partial charge in [0.05, 0.1) is 28.9 Å². The van der Waals surface area contributed by atoms with E-state index in [0.29, 0.717) is 40.3 Å². The highest BCUT2D eigenvalue weighted by molar-refractivity contribution is 6.34. The fourth-order valence-electron chi connectivity index (χ4n) is 7.54. The molecule has 1 aliphatic heterocycles. The molecule has 2 bridgehead atoms. The number of amides is 2. The van der Waals surface area contributed by atoms with E-state index in [0.717, 1.165) is 64.0 Å². The van der Waals surface area contributed by atoms with Crippen LogP contribution in [0.15, 0.2) is 54.6 Å². The van der Waals surface area contributed by atoms with Crippen LogP contribution in [-0.2, 0) is 13.6 Å². The van der Waals surface area contributed by atoms with Crippen molar-refractivity contribution in [1.29, 1.82) is 0 Å². The topological polar surface area (TPSA) is 121 Å². The van der Waals surface area contributed by atoms with Gasteiger partial charge in [0.1, 0.15) is 11.3 Å². The number of halogens is 1. The Hall–Kier alpha value is -4.34. The van der Waals surface area contributed by atoms with Gasteiger partial charge in [0, 0.05) is 48.7 Å². The molecular formula is C35H35ClN6O3. The van der Waals surface area contributed by atoms with E-state index >= 15 is 0 Å². The van der Waals surface area contributed by atoms with Crippen LogP contribution < -0.4 is 16.2 Å². The molecular weight excluding hydrogens is 588 g/mol. The van der Waals surface area contributed by atoms with Crippen LogP contribution in [0, 0.1) is 11.8 Å². The molecule has 10 heteroatoms. The van der Waals surface area contributed by atoms with Gasteiger partial charge >= 0.3 is 0 Å². The zero-order valence-corrected chi connectivity index (χ0v) is 26.1. The summed E-state index contributed by atoms with van der Waals surface area (Å²) in [6, 6.07) is 17.8. The molecule has 3 heterocycles. The summed E-state index contributed by atoms with van der Waals surface area (Å²) in [5.74, 6) is 1.86. The molecule has 2 amide bonds. The van der Waals surface area contributed by atoms with Crippen molar-refractivity contribution < 1.29 is 14.3 Å². The van der Waals surface area contributed by atoms with Gasteiger partial charge in [0.2, 0.25) is 5.91 Å². The third-order valence-corrected chi connectivity index (χ3v) is 10.5. The smallest absolute Gasteiger partial charge is 0.254 e. The zero-order valence-electron chi connectivity index (χ0n) is 25.3. The van der Waals surface area contributed by atoms with Crippen molar-refractivity contribution in [1.82, 2.24) is 19.0 Å². The summed E-state index contributed by atoms with van der Waals surface area (Å²) in [5.41, 5.74) is 18.3. The number of hydrogen-bond donors (Lipinski definition) is 2. The lowest BCUT2D eigenvalue weighted by atomic mass is 10.0. The molecule has 3 aromatic carbocycles. The number of methoxy groups -OCH3 is 1. The average molecular weight is 623 g/mol. The van der Waals surface area contributed by atoms with E-state index in [1.165, 1.54) is 12.8 Å². The summed E-state index contributed by atoms with van der Waals surface area (Å²) in [4.78, 5) is 32.5. The van der Waals surface area contributed by atoms with Gasteiger partial charge in [-0.2, -0.15) is 0 Å². The van der Waals surface area contributed by atoms with Crippen LogP contribution in [-0.4, -0.2) is 56.6 Å². The zero-order chi connectivity index (χ0) is 31.1. The Morgan fingerprint density at radius 2 is 1.80 bits per heavy atom. The first-order chi connectivity index (χ1) is 21.7. The number of hydrogen-bond acceptors (Lipinski definition) is 5. The lowest BCUT2D eigenvalue weighted by Crippen LogP contribution is -2.41. The standard InChI is InChI=1S/C35H35ClN6O3/c1-40-32-26(12-23(15-30(32)45-2)35(44)42-17-22-8-10-27(42)31(22)37)39-34(40)29-14-21-6-5-20(13-28(21)41(29)16-18-3-4-18)19-7-9-24(33(38)43)25(36)11-19/h5-7,9,11-15,18,22,27,31H,3-4,8,10,16-17,37H2,1-2H3,(H2,38,43)/t22?,27?,31-/m1/s1. The van der Waals surface area contributed by atoms with E-state index in [-0.39, 0.29) is 18.0 Å². The van der Waals surface area contributed by atoms with Gasteiger partial charge in [-0.05, 0) is 85.0 Å². The molecule has 9 nitrogen and oxygen atoms in total. The Labute approximate surface area is 265 Å². The molecule has 3 atom stereocenters. The summed E-state index contributed by atoms with van der Waals surface area (Å²) < 4.78 is 10.3. The van der Waals surface area contributed by atoms with E-state index in [2.05, 4.69) is 33.4 Å². The van der Waals surface area contributed by atoms with E-state index in [1.807, 2.05) is 30.1 Å². The number of carbonyl (C=O) groups excluding carboxylic acids is 2. The summed E-state index contributed by atoms with van der Waals surface area (Å²) in [6.45, 7) is 1.59. The van der Waals surface area contributed by atoms with Crippen molar-refractivity contribution >= 4 is 45.4 Å². The summed E-state index contributed by atoms with van der Waals surface area (Å²) in [7, 11) is 3.64. The highest BCUT2D eigenvalue weighted by atomic mass is 35.5. The quantitative estimate of drug-likeness (QED) is 0.245.